The Labute approximate surface area is 188 Å². The Hall–Kier alpha value is -2.10. The topological polar surface area (TPSA) is 27.7 Å². The van der Waals surface area contributed by atoms with Crippen molar-refractivity contribution >= 4 is 0 Å². The van der Waals surface area contributed by atoms with Crippen LogP contribution in [0.2, 0.25) is 0 Å². The van der Waals surface area contributed by atoms with E-state index in [1.807, 2.05) is 6.08 Å². The first kappa shape index (κ1) is 23.6. The highest BCUT2D eigenvalue weighted by molar-refractivity contribution is 5.64. The normalized spacial score (nSPS) is 18.6. The van der Waals surface area contributed by atoms with E-state index in [0.717, 1.165) is 50.4 Å². The molecule has 0 bridgehead atoms. The third-order valence-corrected chi connectivity index (χ3v) is 5.87. The number of unbranched alkanes of at least 4 members (excludes halogenated alkanes) is 5. The maximum absolute atomic E-state index is 6.00. The smallest absolute Gasteiger partial charge is 0.183 e. The molecule has 0 amide bonds. The van der Waals surface area contributed by atoms with Crippen LogP contribution in [0.1, 0.15) is 70.1 Å². The maximum atomic E-state index is 6.00. The van der Waals surface area contributed by atoms with E-state index in [1.54, 1.807) is 0 Å². The van der Waals surface area contributed by atoms with Crippen LogP contribution in [0, 0.1) is 5.92 Å². The van der Waals surface area contributed by atoms with Gasteiger partial charge in [0.15, 0.2) is 6.29 Å². The van der Waals surface area contributed by atoms with Gasteiger partial charge in [0.2, 0.25) is 0 Å². The number of ether oxygens (including phenoxy) is 3. The fourth-order valence-electron chi connectivity index (χ4n) is 3.92. The van der Waals surface area contributed by atoms with Gasteiger partial charge < -0.3 is 14.2 Å². The molecule has 0 aromatic heterocycles. The fraction of sp³-hybridized carbons (Fsp3) is 0.500. The van der Waals surface area contributed by atoms with Crippen LogP contribution in [0.4, 0.5) is 0 Å². The average Bonchev–Trinajstić information content (AvgIpc) is 2.83. The van der Waals surface area contributed by atoms with Gasteiger partial charge in [0.25, 0.3) is 0 Å². The van der Waals surface area contributed by atoms with Crippen molar-refractivity contribution in [3.63, 3.8) is 0 Å². The van der Waals surface area contributed by atoms with Crippen LogP contribution in [0.25, 0.3) is 11.1 Å². The van der Waals surface area contributed by atoms with Crippen molar-refractivity contribution in [3.8, 4) is 16.9 Å². The molecule has 1 aliphatic heterocycles. The molecule has 1 saturated heterocycles. The van der Waals surface area contributed by atoms with Gasteiger partial charge in [-0.25, -0.2) is 0 Å². The number of rotatable bonds is 13. The Kier molecular flexibility index (Phi) is 10.1. The van der Waals surface area contributed by atoms with E-state index in [9.17, 15) is 0 Å². The Balaban J connectivity index is 1.44. The Morgan fingerprint density at radius 3 is 2.19 bits per heavy atom. The lowest BCUT2D eigenvalue weighted by atomic mass is 10.0. The van der Waals surface area contributed by atoms with Gasteiger partial charge in [-0.05, 0) is 48.9 Å². The first-order chi connectivity index (χ1) is 15.3. The molecule has 2 aromatic rings. The zero-order valence-electron chi connectivity index (χ0n) is 19.1. The van der Waals surface area contributed by atoms with Crippen LogP contribution >= 0.6 is 0 Å². The minimum absolute atomic E-state index is 0.248. The van der Waals surface area contributed by atoms with Gasteiger partial charge in [-0.3, -0.25) is 0 Å². The molecule has 3 nitrogen and oxygen atoms in total. The standard InChI is InChI=1S/C28H38O3/c1-3-5-7-9-11-23-21-30-28(31-22-23)26-14-12-24(13-15-26)25-16-18-27(19-17-25)29-20-10-8-6-4-2/h3,12-19,23,28H,1,4-11,20-22H2,2H3/t23-,28-. The van der Waals surface area contributed by atoms with Gasteiger partial charge >= 0.3 is 0 Å². The molecular weight excluding hydrogens is 384 g/mol. The molecule has 0 spiro atoms. The molecule has 0 radical (unpaired) electrons. The molecule has 1 aliphatic rings. The van der Waals surface area contributed by atoms with Crippen molar-refractivity contribution in [2.75, 3.05) is 19.8 Å². The Morgan fingerprint density at radius 1 is 0.871 bits per heavy atom. The van der Waals surface area contributed by atoms with E-state index in [1.165, 1.54) is 43.2 Å². The van der Waals surface area contributed by atoms with Crippen molar-refractivity contribution in [2.45, 2.75) is 64.6 Å². The van der Waals surface area contributed by atoms with Crippen LogP contribution < -0.4 is 4.74 Å². The molecule has 3 rings (SSSR count). The Morgan fingerprint density at radius 2 is 1.55 bits per heavy atom. The second kappa shape index (κ2) is 13.3. The van der Waals surface area contributed by atoms with E-state index in [-0.39, 0.29) is 6.29 Å². The van der Waals surface area contributed by atoms with Crippen molar-refractivity contribution < 1.29 is 14.2 Å². The predicted molar refractivity (Wildman–Crippen MR) is 128 cm³/mol. The summed E-state index contributed by atoms with van der Waals surface area (Å²) in [5.41, 5.74) is 3.46. The summed E-state index contributed by atoms with van der Waals surface area (Å²) >= 11 is 0. The maximum Gasteiger partial charge on any atom is 0.183 e. The summed E-state index contributed by atoms with van der Waals surface area (Å²) in [5.74, 6) is 1.45. The summed E-state index contributed by atoms with van der Waals surface area (Å²) in [6.07, 6.45) is 11.3. The van der Waals surface area contributed by atoms with Gasteiger partial charge in [0.05, 0.1) is 19.8 Å². The highest BCUT2D eigenvalue weighted by Crippen LogP contribution is 2.29. The summed E-state index contributed by atoms with van der Waals surface area (Å²) in [6.45, 7) is 8.36. The van der Waals surface area contributed by atoms with E-state index in [0.29, 0.717) is 5.92 Å². The molecule has 0 unspecified atom stereocenters. The van der Waals surface area contributed by atoms with Crippen molar-refractivity contribution in [2.24, 2.45) is 5.92 Å². The summed E-state index contributed by atoms with van der Waals surface area (Å²) < 4.78 is 17.8. The molecule has 2 aromatic carbocycles. The SMILES string of the molecule is C=CCCCC[C@H]1CO[C@H](c2ccc(-c3ccc(OCCCCCC)cc3)cc2)OC1. The predicted octanol–water partition coefficient (Wildman–Crippen LogP) is 7.72. The molecule has 0 aliphatic carbocycles. The largest absolute Gasteiger partial charge is 0.494 e. The van der Waals surface area contributed by atoms with Crippen LogP contribution in [-0.4, -0.2) is 19.8 Å². The van der Waals surface area contributed by atoms with Crippen LogP contribution in [-0.2, 0) is 9.47 Å². The van der Waals surface area contributed by atoms with E-state index in [4.69, 9.17) is 14.2 Å². The van der Waals surface area contributed by atoms with Crippen LogP contribution in [0.15, 0.2) is 61.2 Å². The molecule has 0 saturated carbocycles. The van der Waals surface area contributed by atoms with E-state index in [2.05, 4.69) is 62.0 Å². The highest BCUT2D eigenvalue weighted by Gasteiger charge is 2.23. The monoisotopic (exact) mass is 422 g/mol. The van der Waals surface area contributed by atoms with Crippen molar-refractivity contribution in [1.82, 2.24) is 0 Å². The van der Waals surface area contributed by atoms with Crippen LogP contribution in [0.5, 0.6) is 5.75 Å². The first-order valence-electron chi connectivity index (χ1n) is 12.0. The number of benzene rings is 2. The highest BCUT2D eigenvalue weighted by atomic mass is 16.7. The quantitative estimate of drug-likeness (QED) is 0.244. The van der Waals surface area contributed by atoms with Crippen molar-refractivity contribution in [3.05, 3.63) is 66.7 Å². The third-order valence-electron chi connectivity index (χ3n) is 5.87. The molecule has 168 valence electrons. The van der Waals surface area contributed by atoms with Gasteiger partial charge in [-0.15, -0.1) is 6.58 Å². The average molecular weight is 423 g/mol. The van der Waals surface area contributed by atoms with Crippen LogP contribution in [0.3, 0.4) is 0 Å². The zero-order valence-corrected chi connectivity index (χ0v) is 19.1. The molecule has 1 fully saturated rings. The first-order valence-corrected chi connectivity index (χ1v) is 12.0. The van der Waals surface area contributed by atoms with Gasteiger partial charge in [-0.1, -0.05) is 75.1 Å². The zero-order chi connectivity index (χ0) is 21.7. The fourth-order valence-corrected chi connectivity index (χ4v) is 3.92. The number of hydrogen-bond acceptors (Lipinski definition) is 3. The second-order valence-electron chi connectivity index (χ2n) is 8.49. The number of hydrogen-bond donors (Lipinski definition) is 0. The third kappa shape index (κ3) is 7.83. The lowest BCUT2D eigenvalue weighted by molar-refractivity contribution is -0.206. The summed E-state index contributed by atoms with van der Waals surface area (Å²) in [5, 5.41) is 0. The van der Waals surface area contributed by atoms with Crippen molar-refractivity contribution in [1.29, 1.82) is 0 Å². The Bertz CT molecular complexity index is 743. The molecule has 1 heterocycles. The minimum Gasteiger partial charge on any atom is -0.494 e. The number of allylic oxidation sites excluding steroid dienone is 1. The van der Waals surface area contributed by atoms with Gasteiger partial charge in [0.1, 0.15) is 5.75 Å². The van der Waals surface area contributed by atoms with Gasteiger partial charge in [0, 0.05) is 11.5 Å². The lowest BCUT2D eigenvalue weighted by Crippen LogP contribution is -2.27. The van der Waals surface area contributed by atoms with E-state index >= 15 is 0 Å². The molecule has 0 atom stereocenters. The molecule has 0 N–H and O–H groups in total. The van der Waals surface area contributed by atoms with E-state index < -0.39 is 0 Å². The second-order valence-corrected chi connectivity index (χ2v) is 8.49. The molecule has 31 heavy (non-hydrogen) atoms. The minimum atomic E-state index is -0.248. The summed E-state index contributed by atoms with van der Waals surface area (Å²) in [4.78, 5) is 0. The molecular formula is C28H38O3. The summed E-state index contributed by atoms with van der Waals surface area (Å²) in [6, 6.07) is 16.9. The lowest BCUT2D eigenvalue weighted by Gasteiger charge is -2.29. The van der Waals surface area contributed by atoms with Gasteiger partial charge in [-0.2, -0.15) is 0 Å². The summed E-state index contributed by atoms with van der Waals surface area (Å²) in [7, 11) is 0. The molecule has 3 heteroatoms.